The van der Waals surface area contributed by atoms with Crippen molar-refractivity contribution in [3.05, 3.63) is 29.3 Å². The maximum atomic E-state index is 12.5. The first-order valence-electron chi connectivity index (χ1n) is 8.35. The van der Waals surface area contributed by atoms with Gasteiger partial charge in [-0.1, -0.05) is 13.0 Å². The number of fused-ring (bicyclic) bond motifs is 1. The quantitative estimate of drug-likeness (QED) is 0.850. The minimum absolute atomic E-state index is 0.160. The van der Waals surface area contributed by atoms with Gasteiger partial charge >= 0.3 is 0 Å². The molecule has 0 bridgehead atoms. The Balaban J connectivity index is 1.70. The van der Waals surface area contributed by atoms with E-state index in [0.29, 0.717) is 0 Å². The van der Waals surface area contributed by atoms with Crippen LogP contribution < -0.4 is 4.74 Å². The van der Waals surface area contributed by atoms with Crippen LogP contribution in [0.4, 0.5) is 0 Å². The molecule has 114 valence electrons. The highest BCUT2D eigenvalue weighted by Gasteiger charge is 2.26. The minimum Gasteiger partial charge on any atom is -0.481 e. The van der Waals surface area contributed by atoms with E-state index in [-0.39, 0.29) is 12.0 Å². The maximum Gasteiger partial charge on any atom is 0.263 e. The van der Waals surface area contributed by atoms with Crippen molar-refractivity contribution in [2.24, 2.45) is 0 Å². The van der Waals surface area contributed by atoms with E-state index in [0.717, 1.165) is 44.5 Å². The van der Waals surface area contributed by atoms with Crippen LogP contribution in [0.3, 0.4) is 0 Å². The normalized spacial score (nSPS) is 19.2. The van der Waals surface area contributed by atoms with Crippen LogP contribution in [-0.2, 0) is 17.6 Å². The number of benzene rings is 1. The fourth-order valence-corrected chi connectivity index (χ4v) is 3.40. The van der Waals surface area contributed by atoms with Crippen molar-refractivity contribution in [1.82, 2.24) is 4.90 Å². The van der Waals surface area contributed by atoms with Crippen molar-refractivity contribution in [3.63, 3.8) is 0 Å². The van der Waals surface area contributed by atoms with Gasteiger partial charge < -0.3 is 9.64 Å². The second-order valence-corrected chi connectivity index (χ2v) is 6.18. The van der Waals surface area contributed by atoms with Crippen LogP contribution in [0, 0.1) is 0 Å². The zero-order valence-corrected chi connectivity index (χ0v) is 12.9. The zero-order chi connectivity index (χ0) is 14.7. The Morgan fingerprint density at radius 1 is 1.14 bits per heavy atom. The molecule has 3 nitrogen and oxygen atoms in total. The van der Waals surface area contributed by atoms with Crippen molar-refractivity contribution in [2.75, 3.05) is 13.1 Å². The molecule has 1 aromatic rings. The molecule has 1 heterocycles. The molecule has 1 atom stereocenters. The van der Waals surface area contributed by atoms with E-state index >= 15 is 0 Å². The molecule has 1 saturated heterocycles. The van der Waals surface area contributed by atoms with Gasteiger partial charge in [-0.3, -0.25) is 4.79 Å². The number of aryl methyl sites for hydroxylation is 2. The smallest absolute Gasteiger partial charge is 0.263 e. The Morgan fingerprint density at radius 3 is 2.57 bits per heavy atom. The molecule has 0 N–H and O–H groups in total. The first kappa shape index (κ1) is 14.4. The van der Waals surface area contributed by atoms with E-state index in [4.69, 9.17) is 4.74 Å². The summed E-state index contributed by atoms with van der Waals surface area (Å²) in [5, 5.41) is 0. The van der Waals surface area contributed by atoms with Crippen molar-refractivity contribution in [1.29, 1.82) is 0 Å². The highest BCUT2D eigenvalue weighted by Crippen LogP contribution is 2.26. The maximum absolute atomic E-state index is 12.5. The molecule has 0 unspecified atom stereocenters. The highest BCUT2D eigenvalue weighted by atomic mass is 16.5. The number of amides is 1. The lowest BCUT2D eigenvalue weighted by molar-refractivity contribution is -0.137. The highest BCUT2D eigenvalue weighted by molar-refractivity contribution is 5.81. The Labute approximate surface area is 127 Å². The third-order valence-electron chi connectivity index (χ3n) is 4.66. The summed E-state index contributed by atoms with van der Waals surface area (Å²) in [6.45, 7) is 3.81. The van der Waals surface area contributed by atoms with Gasteiger partial charge in [0.25, 0.3) is 5.91 Å². The fourth-order valence-electron chi connectivity index (χ4n) is 3.40. The van der Waals surface area contributed by atoms with Crippen LogP contribution in [0.25, 0.3) is 0 Å². The molecule has 0 spiro atoms. The molecule has 1 aliphatic heterocycles. The number of hydrogen-bond donors (Lipinski definition) is 0. The summed E-state index contributed by atoms with van der Waals surface area (Å²) in [5.74, 6) is 1.02. The number of carbonyl (C=O) groups is 1. The molecule has 2 aliphatic rings. The average molecular weight is 287 g/mol. The molecule has 1 fully saturated rings. The van der Waals surface area contributed by atoms with E-state index < -0.39 is 0 Å². The summed E-state index contributed by atoms with van der Waals surface area (Å²) >= 11 is 0. The number of hydrogen-bond acceptors (Lipinski definition) is 2. The van der Waals surface area contributed by atoms with Crippen molar-refractivity contribution < 1.29 is 9.53 Å². The molecule has 0 saturated carbocycles. The van der Waals surface area contributed by atoms with Gasteiger partial charge in [0.15, 0.2) is 6.10 Å². The second kappa shape index (κ2) is 6.50. The summed E-state index contributed by atoms with van der Waals surface area (Å²) in [7, 11) is 0. The van der Waals surface area contributed by atoms with Crippen LogP contribution in [0.1, 0.15) is 50.2 Å². The standard InChI is InChI=1S/C18H25NO2/c1-2-17(18(20)19-11-5-6-12-19)21-16-10-9-14-7-3-4-8-15(14)13-16/h9-10,13,17H,2-8,11-12H2,1H3/t17-/m0/s1. The van der Waals surface area contributed by atoms with E-state index in [2.05, 4.69) is 12.1 Å². The summed E-state index contributed by atoms with van der Waals surface area (Å²) in [4.78, 5) is 14.4. The second-order valence-electron chi connectivity index (χ2n) is 6.18. The number of rotatable bonds is 4. The first-order chi connectivity index (χ1) is 10.3. The molecule has 0 radical (unpaired) electrons. The summed E-state index contributed by atoms with van der Waals surface area (Å²) in [5.41, 5.74) is 2.86. The van der Waals surface area contributed by atoms with Gasteiger partial charge in [-0.25, -0.2) is 0 Å². The Bertz CT molecular complexity index is 506. The van der Waals surface area contributed by atoms with Crippen LogP contribution in [0.5, 0.6) is 5.75 Å². The number of carbonyl (C=O) groups excluding carboxylic acids is 1. The fraction of sp³-hybridized carbons (Fsp3) is 0.611. The molecular weight excluding hydrogens is 262 g/mol. The van der Waals surface area contributed by atoms with E-state index in [1.54, 1.807) is 0 Å². The number of likely N-dealkylation sites (tertiary alicyclic amines) is 1. The van der Waals surface area contributed by atoms with Gasteiger partial charge in [0.2, 0.25) is 0 Å². The van der Waals surface area contributed by atoms with Gasteiger partial charge in [-0.2, -0.15) is 0 Å². The molecule has 3 rings (SSSR count). The van der Waals surface area contributed by atoms with Crippen LogP contribution in [0.15, 0.2) is 18.2 Å². The third-order valence-corrected chi connectivity index (χ3v) is 4.66. The number of nitrogens with zero attached hydrogens (tertiary/aromatic N) is 1. The van der Waals surface area contributed by atoms with Gasteiger partial charge in [-0.15, -0.1) is 0 Å². The number of ether oxygens (including phenoxy) is 1. The third kappa shape index (κ3) is 3.22. The van der Waals surface area contributed by atoms with Crippen LogP contribution >= 0.6 is 0 Å². The van der Waals surface area contributed by atoms with Gasteiger partial charge in [0, 0.05) is 13.1 Å². The molecule has 3 heteroatoms. The summed E-state index contributed by atoms with van der Waals surface area (Å²) < 4.78 is 6.01. The summed E-state index contributed by atoms with van der Waals surface area (Å²) in [6.07, 6.45) is 7.53. The van der Waals surface area contributed by atoms with Crippen molar-refractivity contribution in [3.8, 4) is 5.75 Å². The molecule has 1 amide bonds. The first-order valence-corrected chi connectivity index (χ1v) is 8.35. The van der Waals surface area contributed by atoms with Crippen molar-refractivity contribution in [2.45, 2.75) is 58.0 Å². The Hall–Kier alpha value is -1.51. The van der Waals surface area contributed by atoms with E-state index in [1.807, 2.05) is 17.9 Å². The van der Waals surface area contributed by atoms with Gasteiger partial charge in [-0.05, 0) is 68.2 Å². The van der Waals surface area contributed by atoms with Gasteiger partial charge in [0.1, 0.15) is 5.75 Å². The lowest BCUT2D eigenvalue weighted by Gasteiger charge is -2.24. The van der Waals surface area contributed by atoms with E-state index in [1.165, 1.54) is 30.4 Å². The topological polar surface area (TPSA) is 29.5 Å². The Kier molecular flexibility index (Phi) is 4.47. The van der Waals surface area contributed by atoms with Crippen LogP contribution in [-0.4, -0.2) is 30.0 Å². The molecule has 0 aromatic heterocycles. The molecule has 1 aliphatic carbocycles. The largest absolute Gasteiger partial charge is 0.481 e. The van der Waals surface area contributed by atoms with E-state index in [9.17, 15) is 4.79 Å². The monoisotopic (exact) mass is 287 g/mol. The summed E-state index contributed by atoms with van der Waals surface area (Å²) in [6, 6.07) is 6.36. The van der Waals surface area contributed by atoms with Crippen LogP contribution in [0.2, 0.25) is 0 Å². The minimum atomic E-state index is -0.329. The lowest BCUT2D eigenvalue weighted by Crippen LogP contribution is -2.40. The Morgan fingerprint density at radius 2 is 1.86 bits per heavy atom. The lowest BCUT2D eigenvalue weighted by atomic mass is 9.92. The molecule has 1 aromatic carbocycles. The molecule has 21 heavy (non-hydrogen) atoms. The molecular formula is C18H25NO2. The SMILES string of the molecule is CC[C@H](Oc1ccc2c(c1)CCCC2)C(=O)N1CCCC1. The predicted molar refractivity (Wildman–Crippen MR) is 83.6 cm³/mol. The average Bonchev–Trinajstić information content (AvgIpc) is 3.06. The van der Waals surface area contributed by atoms with Gasteiger partial charge in [0.05, 0.1) is 0 Å². The van der Waals surface area contributed by atoms with Crippen molar-refractivity contribution >= 4 is 5.91 Å². The zero-order valence-electron chi connectivity index (χ0n) is 12.9. The predicted octanol–water partition coefficient (Wildman–Crippen LogP) is 3.35.